The lowest BCUT2D eigenvalue weighted by molar-refractivity contribution is -0.180. The second-order valence-electron chi connectivity index (χ2n) is 18.2. The van der Waals surface area contributed by atoms with Gasteiger partial charge in [0.2, 0.25) is 5.91 Å². The number of nitrogens with zero attached hydrogens (tertiary/aromatic N) is 2. The zero-order chi connectivity index (χ0) is 42.1. The van der Waals surface area contributed by atoms with E-state index in [2.05, 4.69) is 120 Å². The molecule has 0 aromatic heterocycles. The summed E-state index contributed by atoms with van der Waals surface area (Å²) in [6.45, 7) is 14.9. The van der Waals surface area contributed by atoms with E-state index in [-0.39, 0.29) is 16.6 Å². The molecule has 1 aliphatic rings. The first-order valence-corrected chi connectivity index (χ1v) is 25.0. The van der Waals surface area contributed by atoms with Crippen LogP contribution < -0.4 is 5.32 Å². The highest BCUT2D eigenvalue weighted by molar-refractivity contribution is 8.31. The van der Waals surface area contributed by atoms with Gasteiger partial charge in [0.15, 0.2) is 5.54 Å². The zero-order valence-electron chi connectivity index (χ0n) is 38.2. The summed E-state index contributed by atoms with van der Waals surface area (Å²) in [5.41, 5.74) is -0.889. The lowest BCUT2D eigenvalue weighted by atomic mass is 9.90. The van der Waals surface area contributed by atoms with Crippen LogP contribution in [0.1, 0.15) is 163 Å². The number of nitrogens with one attached hydrogen (secondary N) is 1. The second-order valence-corrected chi connectivity index (χ2v) is 21.7. The van der Waals surface area contributed by atoms with Crippen LogP contribution in [0.4, 0.5) is 0 Å². The summed E-state index contributed by atoms with van der Waals surface area (Å²) >= 11 is 0. The van der Waals surface area contributed by atoms with Gasteiger partial charge in [0.1, 0.15) is 0 Å². The first-order chi connectivity index (χ1) is 28.0. The van der Waals surface area contributed by atoms with Gasteiger partial charge in [0, 0.05) is 34.0 Å². The van der Waals surface area contributed by atoms with Gasteiger partial charge in [-0.05, 0) is 104 Å². The maximum atomic E-state index is 14.1. The van der Waals surface area contributed by atoms with Crippen LogP contribution in [0.3, 0.4) is 0 Å². The minimum atomic E-state index is -1.72. The zero-order valence-corrected chi connectivity index (χ0v) is 39.0. The molecule has 0 spiro atoms. The fourth-order valence-corrected chi connectivity index (χ4v) is 12.2. The molecule has 1 aliphatic heterocycles. The Bertz CT molecular complexity index is 1340. The second kappa shape index (κ2) is 27.5. The van der Waals surface area contributed by atoms with Crippen molar-refractivity contribution in [1.29, 1.82) is 0 Å². The van der Waals surface area contributed by atoms with Crippen molar-refractivity contribution < 1.29 is 18.5 Å². The Kier molecular flexibility index (Phi) is 23.7. The number of rotatable bonds is 32. The van der Waals surface area contributed by atoms with Crippen LogP contribution in [-0.4, -0.2) is 85.5 Å². The number of ether oxygens (including phenoxy) is 1. The highest BCUT2D eigenvalue weighted by Crippen LogP contribution is 2.71. The molecule has 3 rings (SSSR count). The van der Waals surface area contributed by atoms with E-state index >= 15 is 0 Å². The summed E-state index contributed by atoms with van der Waals surface area (Å²) in [5.74, 6) is 0.569. The molecule has 1 heterocycles. The predicted octanol–water partition coefficient (Wildman–Crippen LogP) is 12.4. The quantitative estimate of drug-likeness (QED) is 0.0744. The van der Waals surface area contributed by atoms with Gasteiger partial charge in [-0.25, -0.2) is 0 Å². The van der Waals surface area contributed by atoms with E-state index in [1.54, 1.807) is 0 Å². The molecule has 58 heavy (non-hydrogen) atoms. The molecule has 1 N–H and O–H groups in total. The molecule has 0 aliphatic carbocycles. The minimum absolute atomic E-state index is 0.0162. The molecular weight excluding hydrogens is 739 g/mol. The van der Waals surface area contributed by atoms with Crippen molar-refractivity contribution in [2.45, 2.75) is 183 Å². The normalized spacial score (nSPS) is 14.9. The minimum Gasteiger partial charge on any atom is -0.375 e. The van der Waals surface area contributed by atoms with Gasteiger partial charge in [-0.15, -0.1) is 0 Å². The average Bonchev–Trinajstić information content (AvgIpc) is 3.19. The molecule has 330 valence electrons. The van der Waals surface area contributed by atoms with Gasteiger partial charge >= 0.3 is 0 Å². The van der Waals surface area contributed by atoms with E-state index in [0.717, 1.165) is 64.5 Å². The SMILES string of the molecule is CCCCCCCCC(CCCCCC)CNC(=O)C1(N(CCCN(C)C)C(=O)CCCCCCCCOS(c2ccccc2)(c2ccccc2)C(C)(C)C)COC1. The lowest BCUT2D eigenvalue weighted by Gasteiger charge is -2.50. The predicted molar refractivity (Wildman–Crippen MR) is 247 cm³/mol. The molecule has 2 amide bonds. The molecule has 0 radical (unpaired) electrons. The monoisotopic (exact) mass is 824 g/mol. The molecular formula is C50H85N3O4S. The molecule has 1 fully saturated rings. The van der Waals surface area contributed by atoms with Crippen molar-refractivity contribution in [3.8, 4) is 0 Å². The summed E-state index contributed by atoms with van der Waals surface area (Å²) in [5, 5.41) is 3.37. The van der Waals surface area contributed by atoms with Gasteiger partial charge in [-0.1, -0.05) is 150 Å². The fraction of sp³-hybridized carbons (Fsp3) is 0.720. The van der Waals surface area contributed by atoms with Crippen molar-refractivity contribution in [2.24, 2.45) is 5.92 Å². The Balaban J connectivity index is 1.52. The highest BCUT2D eigenvalue weighted by atomic mass is 32.3. The van der Waals surface area contributed by atoms with Gasteiger partial charge in [0.25, 0.3) is 5.91 Å². The third-order valence-electron chi connectivity index (χ3n) is 11.9. The molecule has 2 aromatic carbocycles. The number of benzene rings is 2. The van der Waals surface area contributed by atoms with E-state index in [9.17, 15) is 9.59 Å². The van der Waals surface area contributed by atoms with Crippen LogP contribution in [0.2, 0.25) is 0 Å². The molecule has 0 bridgehead atoms. The molecule has 1 unspecified atom stereocenters. The summed E-state index contributed by atoms with van der Waals surface area (Å²) < 4.78 is 12.7. The van der Waals surface area contributed by atoms with Crippen molar-refractivity contribution in [3.05, 3.63) is 60.7 Å². The molecule has 7 nitrogen and oxygen atoms in total. The summed E-state index contributed by atoms with van der Waals surface area (Å²) in [6, 6.07) is 21.6. The third kappa shape index (κ3) is 15.9. The maximum absolute atomic E-state index is 14.1. The van der Waals surface area contributed by atoms with Crippen molar-refractivity contribution in [3.63, 3.8) is 0 Å². The number of hydrogen-bond acceptors (Lipinski definition) is 5. The van der Waals surface area contributed by atoms with Crippen LogP contribution in [0.25, 0.3) is 0 Å². The third-order valence-corrected chi connectivity index (χ3v) is 16.1. The first-order valence-electron chi connectivity index (χ1n) is 23.4. The Morgan fingerprint density at radius 3 is 1.71 bits per heavy atom. The van der Waals surface area contributed by atoms with Gasteiger partial charge in [0.05, 0.1) is 19.8 Å². The lowest BCUT2D eigenvalue weighted by Crippen LogP contribution is -2.71. The number of amides is 2. The van der Waals surface area contributed by atoms with Crippen LogP contribution in [0.15, 0.2) is 70.5 Å². The number of unbranched alkanes of at least 4 members (excludes halogenated alkanes) is 13. The van der Waals surface area contributed by atoms with E-state index in [4.69, 9.17) is 8.92 Å². The van der Waals surface area contributed by atoms with Crippen molar-refractivity contribution >= 4 is 22.1 Å². The van der Waals surface area contributed by atoms with Crippen LogP contribution in [0, 0.1) is 5.92 Å². The summed E-state index contributed by atoms with van der Waals surface area (Å²) in [7, 11) is 2.40. The highest BCUT2D eigenvalue weighted by Gasteiger charge is 2.52. The number of hydrogen-bond donors (Lipinski definition) is 1. The largest absolute Gasteiger partial charge is 0.375 e. The number of carbonyl (C=O) groups excluding carboxylic acids is 2. The van der Waals surface area contributed by atoms with E-state index < -0.39 is 15.8 Å². The van der Waals surface area contributed by atoms with E-state index in [1.165, 1.54) is 80.4 Å². The maximum Gasteiger partial charge on any atom is 0.250 e. The Morgan fingerprint density at radius 1 is 0.707 bits per heavy atom. The van der Waals surface area contributed by atoms with E-state index in [1.807, 2.05) is 4.90 Å². The van der Waals surface area contributed by atoms with Crippen LogP contribution in [-0.2, 0) is 18.5 Å². The number of carbonyl (C=O) groups is 2. The Morgan fingerprint density at radius 2 is 1.21 bits per heavy atom. The fourth-order valence-electron chi connectivity index (χ4n) is 8.44. The van der Waals surface area contributed by atoms with Gasteiger partial charge < -0.3 is 24.0 Å². The first kappa shape index (κ1) is 50.0. The van der Waals surface area contributed by atoms with Crippen molar-refractivity contribution in [2.75, 3.05) is 53.6 Å². The van der Waals surface area contributed by atoms with Gasteiger partial charge in [-0.2, -0.15) is 0 Å². The van der Waals surface area contributed by atoms with Crippen molar-refractivity contribution in [1.82, 2.24) is 15.1 Å². The molecule has 1 atom stereocenters. The van der Waals surface area contributed by atoms with Crippen LogP contribution in [0.5, 0.6) is 0 Å². The molecule has 2 aromatic rings. The summed E-state index contributed by atoms with van der Waals surface area (Å²) in [6.07, 6.45) is 22.6. The molecule has 1 saturated heterocycles. The van der Waals surface area contributed by atoms with E-state index in [0.29, 0.717) is 38.6 Å². The Labute approximate surface area is 357 Å². The topological polar surface area (TPSA) is 71.1 Å². The average molecular weight is 824 g/mol. The summed E-state index contributed by atoms with van der Waals surface area (Å²) in [4.78, 5) is 34.7. The Hall–Kier alpha value is -2.39. The van der Waals surface area contributed by atoms with Crippen LogP contribution >= 0.6 is 10.3 Å². The standard InChI is InChI=1S/C50H85N3O4S/c1-8-10-12-14-17-23-32-44(31-22-13-11-9-2)41-51-48(55)50(42-56-43-50)53(39-30-38-52(6)7)47(54)37-28-18-15-16-19-29-40-57-58(49(3,4)5,45-33-24-20-25-34-45)46-35-26-21-27-36-46/h20-21,24-27,33-36,44H,8-19,22-23,28-32,37-43H2,1-7H3,(H,51,55). The smallest absolute Gasteiger partial charge is 0.250 e. The molecule has 8 heteroatoms. The van der Waals surface area contributed by atoms with Gasteiger partial charge in [-0.3, -0.25) is 9.59 Å². The molecule has 0 saturated carbocycles.